The van der Waals surface area contributed by atoms with Gasteiger partial charge in [0.2, 0.25) is 11.8 Å². The number of fused-ring (bicyclic) bond motifs is 2. The van der Waals surface area contributed by atoms with Gasteiger partial charge in [0, 0.05) is 42.9 Å². The molecular weight excluding hydrogens is 520 g/mol. The highest BCUT2D eigenvalue weighted by atomic mass is 16.6. The number of nitrogens with zero attached hydrogens (tertiary/aromatic N) is 4. The van der Waals surface area contributed by atoms with Crippen LogP contribution in [0.5, 0.6) is 5.88 Å². The number of aliphatic hydroxyl groups excluding tert-OH is 2. The molecule has 2 fully saturated rings. The molecule has 4 atom stereocenters. The van der Waals surface area contributed by atoms with Crippen LogP contribution in [0.25, 0.3) is 21.9 Å². The Balaban J connectivity index is 1.02. The third-order valence-electron chi connectivity index (χ3n) is 7.29. The van der Waals surface area contributed by atoms with Gasteiger partial charge >= 0.3 is 0 Å². The topological polar surface area (TPSA) is 200 Å². The van der Waals surface area contributed by atoms with E-state index in [2.05, 4.69) is 35.9 Å². The number of rotatable bonds is 10. The lowest BCUT2D eigenvalue weighted by Gasteiger charge is -2.16. The largest absolute Gasteiger partial charge is 0.494 e. The van der Waals surface area contributed by atoms with Gasteiger partial charge in [0.25, 0.3) is 0 Å². The molecule has 1 saturated carbocycles. The minimum Gasteiger partial charge on any atom is -0.494 e. The Labute approximate surface area is 227 Å². The molecule has 2 amide bonds. The standard InChI is InChI=1S/C26H30N8O6/c35-18(6-7-19(36)33-16-3-1-2-14-15(16)9-29-25(14)39)27-10-17-21(37)22(38)26(40-17)34-12-32-20-23(28-8-13-4-5-13)30-11-31-24(20)34/h1-3,9,11-13,17,21-22,26,29,37-39H,4-8,10H2,(H,27,35)(H,33,36)(H,28,30,31). The molecule has 0 radical (unpaired) electrons. The molecule has 14 heteroatoms. The lowest BCUT2D eigenvalue weighted by atomic mass is 10.1. The van der Waals surface area contributed by atoms with E-state index < -0.39 is 30.4 Å². The number of amides is 2. The van der Waals surface area contributed by atoms with Crippen LogP contribution < -0.4 is 16.0 Å². The van der Waals surface area contributed by atoms with Gasteiger partial charge in [0.05, 0.1) is 12.0 Å². The van der Waals surface area contributed by atoms with Crippen LogP contribution in [0.1, 0.15) is 31.9 Å². The summed E-state index contributed by atoms with van der Waals surface area (Å²) in [4.78, 5) is 40.5. The molecule has 0 spiro atoms. The number of imidazole rings is 1. The minimum absolute atomic E-state index is 0.00859. The second kappa shape index (κ2) is 10.7. The molecule has 1 aliphatic carbocycles. The number of aromatic hydroxyl groups is 1. The van der Waals surface area contributed by atoms with E-state index in [1.165, 1.54) is 25.5 Å². The van der Waals surface area contributed by atoms with Crippen LogP contribution in [-0.2, 0) is 14.3 Å². The zero-order chi connectivity index (χ0) is 27.8. The van der Waals surface area contributed by atoms with Crippen LogP contribution >= 0.6 is 0 Å². The van der Waals surface area contributed by atoms with Gasteiger partial charge in [0.15, 0.2) is 29.1 Å². The maximum atomic E-state index is 12.4. The van der Waals surface area contributed by atoms with E-state index in [9.17, 15) is 24.9 Å². The summed E-state index contributed by atoms with van der Waals surface area (Å²) in [5.74, 6) is 0.473. The van der Waals surface area contributed by atoms with E-state index in [0.29, 0.717) is 39.4 Å². The van der Waals surface area contributed by atoms with Gasteiger partial charge < -0.3 is 41.0 Å². The first-order valence-corrected chi connectivity index (χ1v) is 13.2. The first kappa shape index (κ1) is 26.0. The molecule has 1 aromatic carbocycles. The highest BCUT2D eigenvalue weighted by molar-refractivity contribution is 6.04. The van der Waals surface area contributed by atoms with Crippen LogP contribution in [0.3, 0.4) is 0 Å². The number of aliphatic hydroxyl groups is 2. The summed E-state index contributed by atoms with van der Waals surface area (Å²) in [6.45, 7) is 0.740. The number of carbonyl (C=O) groups is 2. The van der Waals surface area contributed by atoms with Crippen molar-refractivity contribution in [2.45, 2.75) is 50.2 Å². The number of nitrogens with one attached hydrogen (secondary N) is 4. The van der Waals surface area contributed by atoms with Crippen LogP contribution in [0, 0.1) is 5.92 Å². The number of carbonyl (C=O) groups excluding carboxylic acids is 2. The summed E-state index contributed by atoms with van der Waals surface area (Å²) >= 11 is 0. The number of anilines is 2. The van der Waals surface area contributed by atoms with Crippen molar-refractivity contribution in [2.75, 3.05) is 23.7 Å². The van der Waals surface area contributed by atoms with Gasteiger partial charge in [-0.3, -0.25) is 14.2 Å². The predicted molar refractivity (Wildman–Crippen MR) is 143 cm³/mol. The van der Waals surface area contributed by atoms with Crippen molar-refractivity contribution in [3.8, 4) is 5.88 Å². The summed E-state index contributed by atoms with van der Waals surface area (Å²) in [7, 11) is 0. The number of aromatic nitrogens is 5. The Morgan fingerprint density at radius 1 is 1.05 bits per heavy atom. The van der Waals surface area contributed by atoms with Crippen molar-refractivity contribution in [3.05, 3.63) is 37.1 Å². The highest BCUT2D eigenvalue weighted by Crippen LogP contribution is 2.33. The van der Waals surface area contributed by atoms with E-state index in [0.717, 1.165) is 6.54 Å². The van der Waals surface area contributed by atoms with Crippen molar-refractivity contribution < 1.29 is 29.6 Å². The van der Waals surface area contributed by atoms with E-state index in [-0.39, 0.29) is 31.2 Å². The molecular formula is C26H30N8O6. The summed E-state index contributed by atoms with van der Waals surface area (Å²) in [5, 5.41) is 41.1. The highest BCUT2D eigenvalue weighted by Gasteiger charge is 2.44. The summed E-state index contributed by atoms with van der Waals surface area (Å²) in [6.07, 6.45) is 2.31. The van der Waals surface area contributed by atoms with Gasteiger partial charge in [-0.05, 0) is 30.9 Å². The van der Waals surface area contributed by atoms with E-state index in [1.54, 1.807) is 29.0 Å². The molecule has 6 rings (SSSR count). The number of benzene rings is 1. The van der Waals surface area contributed by atoms with Gasteiger partial charge in [-0.15, -0.1) is 0 Å². The maximum Gasteiger partial charge on any atom is 0.224 e. The number of hydrogen-bond donors (Lipinski definition) is 7. The number of aromatic amines is 1. The lowest BCUT2D eigenvalue weighted by molar-refractivity contribution is -0.125. The van der Waals surface area contributed by atoms with Crippen molar-refractivity contribution in [2.24, 2.45) is 5.92 Å². The van der Waals surface area contributed by atoms with Gasteiger partial charge in [-0.1, -0.05) is 6.07 Å². The third-order valence-corrected chi connectivity index (χ3v) is 7.29. The Morgan fingerprint density at radius 3 is 2.70 bits per heavy atom. The molecule has 4 heterocycles. The fourth-order valence-electron chi connectivity index (χ4n) is 4.86. The fourth-order valence-corrected chi connectivity index (χ4v) is 4.86. The molecule has 1 saturated heterocycles. The Hall–Kier alpha value is -4.27. The van der Waals surface area contributed by atoms with Crippen molar-refractivity contribution >= 4 is 45.3 Å². The van der Waals surface area contributed by atoms with Crippen molar-refractivity contribution in [1.29, 1.82) is 0 Å². The van der Waals surface area contributed by atoms with Gasteiger partial charge in [0.1, 0.15) is 24.6 Å². The second-order valence-corrected chi connectivity index (χ2v) is 10.2. The monoisotopic (exact) mass is 550 g/mol. The number of H-pyrrole nitrogens is 1. The number of ether oxygens (including phenoxy) is 1. The van der Waals surface area contributed by atoms with Crippen LogP contribution in [0.4, 0.5) is 11.5 Å². The third kappa shape index (κ3) is 5.15. The molecule has 2 aliphatic rings. The quantitative estimate of drug-likeness (QED) is 0.149. The first-order chi connectivity index (χ1) is 19.4. The van der Waals surface area contributed by atoms with E-state index >= 15 is 0 Å². The first-order valence-electron chi connectivity index (χ1n) is 13.2. The summed E-state index contributed by atoms with van der Waals surface area (Å²) in [5.41, 5.74) is 1.50. The van der Waals surface area contributed by atoms with Crippen LogP contribution in [-0.4, -0.2) is 83.0 Å². The van der Waals surface area contributed by atoms with Crippen LogP contribution in [0.2, 0.25) is 0 Å². The number of hydrogen-bond acceptors (Lipinski definition) is 10. The molecule has 210 valence electrons. The molecule has 4 aromatic rings. The normalized spacial score (nSPS) is 22.6. The summed E-state index contributed by atoms with van der Waals surface area (Å²) < 4.78 is 7.45. The smallest absolute Gasteiger partial charge is 0.224 e. The average molecular weight is 551 g/mol. The maximum absolute atomic E-state index is 12.4. The van der Waals surface area contributed by atoms with Gasteiger partial charge in [-0.2, -0.15) is 0 Å². The van der Waals surface area contributed by atoms with Crippen molar-refractivity contribution in [1.82, 2.24) is 29.8 Å². The molecule has 14 nitrogen and oxygen atoms in total. The Kier molecular flexibility index (Phi) is 6.96. The predicted octanol–water partition coefficient (Wildman–Crippen LogP) is 0.989. The molecule has 1 aliphatic heterocycles. The Morgan fingerprint density at radius 2 is 1.88 bits per heavy atom. The van der Waals surface area contributed by atoms with Gasteiger partial charge in [-0.25, -0.2) is 15.0 Å². The SMILES string of the molecule is O=C(CCC(=O)Nc1cccc2c(O)[nH]cc12)NCC1OC(n2cnc3c(NCC4CC4)ncnc32)C(O)C1O. The zero-order valence-electron chi connectivity index (χ0n) is 21.4. The molecule has 0 bridgehead atoms. The molecule has 40 heavy (non-hydrogen) atoms. The van der Waals surface area contributed by atoms with Crippen molar-refractivity contribution in [3.63, 3.8) is 0 Å². The molecule has 4 unspecified atom stereocenters. The Bertz CT molecular complexity index is 1550. The van der Waals surface area contributed by atoms with E-state index in [4.69, 9.17) is 4.74 Å². The molecule has 7 N–H and O–H groups in total. The fraction of sp³-hybridized carbons (Fsp3) is 0.423. The van der Waals surface area contributed by atoms with E-state index in [1.807, 2.05) is 0 Å². The lowest BCUT2D eigenvalue weighted by Crippen LogP contribution is -2.40. The second-order valence-electron chi connectivity index (χ2n) is 10.2. The zero-order valence-corrected chi connectivity index (χ0v) is 21.4. The average Bonchev–Trinajstić information content (AvgIpc) is 3.46. The minimum atomic E-state index is -1.28. The summed E-state index contributed by atoms with van der Waals surface area (Å²) in [6, 6.07) is 5.13. The van der Waals surface area contributed by atoms with Crippen LogP contribution in [0.15, 0.2) is 37.1 Å². The molecule has 3 aromatic heterocycles.